The molecule has 0 fully saturated rings. The van der Waals surface area contributed by atoms with Gasteiger partial charge in [-0.05, 0) is 42.5 Å². The Morgan fingerprint density at radius 1 is 1.08 bits per heavy atom. The van der Waals surface area contributed by atoms with Crippen LogP contribution in [0.5, 0.6) is 11.5 Å². The minimum atomic E-state index is 0.301. The summed E-state index contributed by atoms with van der Waals surface area (Å²) in [6, 6.07) is 16.3. The monoisotopic (exact) mass is 372 g/mol. The van der Waals surface area contributed by atoms with E-state index in [9.17, 15) is 0 Å². The van der Waals surface area contributed by atoms with Gasteiger partial charge in [-0.3, -0.25) is 5.43 Å². The van der Waals surface area contributed by atoms with Crippen molar-refractivity contribution in [1.29, 1.82) is 10.5 Å². The second kappa shape index (κ2) is 7.73. The molecule has 2 unspecified atom stereocenters. The first-order valence-electron chi connectivity index (χ1n) is 6.74. The number of nitriles is 2. The van der Waals surface area contributed by atoms with E-state index in [0.29, 0.717) is 39.6 Å². The lowest BCUT2D eigenvalue weighted by Crippen LogP contribution is -2.01. The van der Waals surface area contributed by atoms with E-state index in [-0.39, 0.29) is 0 Å². The minimum Gasteiger partial charge on any atom is -0.457 e. The first-order chi connectivity index (χ1) is 11.8. The van der Waals surface area contributed by atoms with Gasteiger partial charge in [0.15, 0.2) is 8.51 Å². The SMILES string of the molecule is N#Cc1ccc(Oc2ccc(Nn3pn[pH][nH][pH]3)cc2)cc1C#N. The highest BCUT2D eigenvalue weighted by Crippen LogP contribution is 2.25. The van der Waals surface area contributed by atoms with Gasteiger partial charge < -0.3 is 9.25 Å². The molecule has 1 aromatic heterocycles. The zero-order valence-corrected chi connectivity index (χ0v) is 15.1. The van der Waals surface area contributed by atoms with Crippen LogP contribution in [0.15, 0.2) is 42.5 Å². The summed E-state index contributed by atoms with van der Waals surface area (Å²) in [6.07, 6.45) is 0. The van der Waals surface area contributed by atoms with Gasteiger partial charge >= 0.3 is 0 Å². The molecule has 0 saturated carbocycles. The normalized spacial score (nSPS) is 10.6. The number of aromatic amines is 1. The molecule has 0 bridgehead atoms. The van der Waals surface area contributed by atoms with E-state index in [1.165, 1.54) is 0 Å². The number of hydrogen-bond acceptors (Lipinski definition) is 5. The predicted octanol–water partition coefficient (Wildman–Crippen LogP) is 4.39. The lowest BCUT2D eigenvalue weighted by atomic mass is 10.1. The van der Waals surface area contributed by atoms with E-state index in [2.05, 4.69) is 14.4 Å². The number of hydrogen-bond donors (Lipinski definition) is 2. The summed E-state index contributed by atoms with van der Waals surface area (Å²) in [5.41, 5.74) is 4.82. The largest absolute Gasteiger partial charge is 0.457 e. The minimum absolute atomic E-state index is 0.301. The highest BCUT2D eigenvalue weighted by molar-refractivity contribution is 7.44. The van der Waals surface area contributed by atoms with Crippen molar-refractivity contribution in [1.82, 2.24) is 13.2 Å². The van der Waals surface area contributed by atoms with Crippen molar-refractivity contribution in [2.45, 2.75) is 0 Å². The zero-order valence-electron chi connectivity index (χ0n) is 12.2. The van der Waals surface area contributed by atoms with Crippen molar-refractivity contribution in [3.8, 4) is 23.6 Å². The summed E-state index contributed by atoms with van der Waals surface area (Å²) < 4.78 is 15.1. The Morgan fingerprint density at radius 3 is 2.50 bits per heavy atom. The summed E-state index contributed by atoms with van der Waals surface area (Å²) in [6.45, 7) is 0. The standard InChI is InChI=1S/C14H11N6OP3/c15-8-10-1-4-14(7-11(10)9-16)21-13-5-2-12(3-6-13)17-20-23-18-22-19-24-20/h1-7,17-18,22-23H. The van der Waals surface area contributed by atoms with E-state index < -0.39 is 0 Å². The fourth-order valence-electron chi connectivity index (χ4n) is 1.88. The third-order valence-electron chi connectivity index (χ3n) is 2.96. The van der Waals surface area contributed by atoms with Crippen LogP contribution in [0.4, 0.5) is 5.69 Å². The third-order valence-corrected chi connectivity index (χ3v) is 5.78. The van der Waals surface area contributed by atoms with Crippen molar-refractivity contribution >= 4 is 31.2 Å². The molecule has 0 amide bonds. The fourth-order valence-corrected chi connectivity index (χ4v) is 5.06. The van der Waals surface area contributed by atoms with Gasteiger partial charge in [0.25, 0.3) is 0 Å². The van der Waals surface area contributed by atoms with Crippen molar-refractivity contribution in [2.24, 2.45) is 0 Å². The molecule has 3 rings (SSSR count). The number of nitrogens with zero attached hydrogens (tertiary/aromatic N) is 4. The van der Waals surface area contributed by atoms with E-state index in [4.69, 9.17) is 15.3 Å². The lowest BCUT2D eigenvalue weighted by molar-refractivity contribution is 0.482. The molecule has 0 aliphatic carbocycles. The number of aromatic nitrogens is 3. The molecular formula is C14H11N6OP3. The molecule has 10 heteroatoms. The summed E-state index contributed by atoms with van der Waals surface area (Å²) in [5.74, 6) is 1.17. The van der Waals surface area contributed by atoms with Gasteiger partial charge in [0.2, 0.25) is 0 Å². The van der Waals surface area contributed by atoms with Crippen LogP contribution in [0.2, 0.25) is 0 Å². The molecule has 3 aromatic rings. The van der Waals surface area contributed by atoms with Gasteiger partial charge in [-0.1, -0.05) is 0 Å². The molecular weight excluding hydrogens is 361 g/mol. The molecule has 1 heterocycles. The van der Waals surface area contributed by atoms with Crippen LogP contribution in [0.25, 0.3) is 0 Å². The number of ether oxygens (including phenoxy) is 1. The van der Waals surface area contributed by atoms with E-state index in [1.54, 1.807) is 18.2 Å². The van der Waals surface area contributed by atoms with Crippen molar-refractivity contribution in [2.75, 3.05) is 5.43 Å². The second-order valence-corrected chi connectivity index (χ2v) is 8.17. The fraction of sp³-hybridized carbons (Fsp3) is 0. The molecule has 0 spiro atoms. The van der Waals surface area contributed by atoms with E-state index in [1.807, 2.05) is 40.6 Å². The molecule has 118 valence electrons. The quantitative estimate of drug-likeness (QED) is 0.707. The Hall–Kier alpha value is -2.68. The Morgan fingerprint density at radius 2 is 1.83 bits per heavy atom. The van der Waals surface area contributed by atoms with Gasteiger partial charge in [0.1, 0.15) is 23.6 Å². The zero-order chi connectivity index (χ0) is 16.8. The summed E-state index contributed by atoms with van der Waals surface area (Å²) in [4.78, 5) is 0. The average Bonchev–Trinajstić information content (AvgIpc) is 2.64. The molecule has 2 atom stereocenters. The third kappa shape index (κ3) is 3.99. The van der Waals surface area contributed by atoms with Crippen molar-refractivity contribution < 1.29 is 4.74 Å². The Balaban J connectivity index is 1.73. The number of benzene rings is 2. The van der Waals surface area contributed by atoms with Crippen LogP contribution < -0.4 is 10.2 Å². The molecule has 24 heavy (non-hydrogen) atoms. The van der Waals surface area contributed by atoms with Gasteiger partial charge in [0, 0.05) is 17.0 Å². The van der Waals surface area contributed by atoms with Crippen molar-refractivity contribution in [3.63, 3.8) is 0 Å². The first kappa shape index (κ1) is 16.2. The Kier molecular flexibility index (Phi) is 5.22. The molecule has 2 aromatic carbocycles. The number of nitrogens with one attached hydrogen (secondary N) is 2. The summed E-state index contributed by atoms with van der Waals surface area (Å²) >= 11 is 0. The van der Waals surface area contributed by atoms with Crippen LogP contribution >= 0.6 is 25.5 Å². The van der Waals surface area contributed by atoms with Crippen LogP contribution in [0.1, 0.15) is 11.1 Å². The smallest absolute Gasteiger partial charge is 0.162 e. The number of rotatable bonds is 4. The second-order valence-electron chi connectivity index (χ2n) is 4.52. The summed E-state index contributed by atoms with van der Waals surface area (Å²) in [5, 5.41) is 18.0. The molecule has 0 aliphatic heterocycles. The highest BCUT2D eigenvalue weighted by atomic mass is 31.1. The maximum Gasteiger partial charge on any atom is 0.162 e. The van der Waals surface area contributed by atoms with Gasteiger partial charge in [0.05, 0.1) is 16.8 Å². The first-order valence-corrected chi connectivity index (χ1v) is 9.43. The van der Waals surface area contributed by atoms with Gasteiger partial charge in [-0.25, -0.2) is 0 Å². The van der Waals surface area contributed by atoms with Crippen LogP contribution in [-0.2, 0) is 0 Å². The molecule has 7 nitrogen and oxygen atoms in total. The summed E-state index contributed by atoms with van der Waals surface area (Å²) in [7, 11) is 1.84. The van der Waals surface area contributed by atoms with E-state index >= 15 is 0 Å². The Labute approximate surface area is 142 Å². The van der Waals surface area contributed by atoms with E-state index in [0.717, 1.165) is 14.2 Å². The lowest BCUT2D eigenvalue weighted by Gasteiger charge is -2.10. The topological polar surface area (TPSA) is 102 Å². The highest BCUT2D eigenvalue weighted by Gasteiger charge is 2.05. The van der Waals surface area contributed by atoms with Gasteiger partial charge in [-0.2, -0.15) is 19.2 Å². The molecule has 0 aliphatic rings. The van der Waals surface area contributed by atoms with Crippen LogP contribution in [0.3, 0.4) is 0 Å². The number of H-pyrrole nitrogens is 1. The molecule has 0 saturated heterocycles. The van der Waals surface area contributed by atoms with Crippen molar-refractivity contribution in [3.05, 3.63) is 53.6 Å². The van der Waals surface area contributed by atoms with Crippen LogP contribution in [-0.4, -0.2) is 13.2 Å². The van der Waals surface area contributed by atoms with Gasteiger partial charge in [-0.15, -0.1) is 0 Å². The molecule has 2 N–H and O–H groups in total. The predicted molar refractivity (Wildman–Crippen MR) is 97.1 cm³/mol. The Bertz CT molecular complexity index is 937. The average molecular weight is 372 g/mol. The number of anilines is 1. The maximum atomic E-state index is 9.05. The molecule has 0 radical (unpaired) electrons. The van der Waals surface area contributed by atoms with Crippen LogP contribution in [0, 0.1) is 22.7 Å². The maximum absolute atomic E-state index is 9.05.